The molecule has 0 saturated carbocycles. The predicted octanol–water partition coefficient (Wildman–Crippen LogP) is 2.63. The van der Waals surface area contributed by atoms with Crippen LogP contribution in [-0.4, -0.2) is 17.0 Å². The second kappa shape index (κ2) is 5.26. The van der Waals surface area contributed by atoms with Gasteiger partial charge in [0.25, 0.3) is 5.91 Å². The fourth-order valence-electron chi connectivity index (χ4n) is 2.29. The van der Waals surface area contributed by atoms with Crippen LogP contribution in [0.15, 0.2) is 36.7 Å². The van der Waals surface area contributed by atoms with Crippen LogP contribution in [0.3, 0.4) is 0 Å². The van der Waals surface area contributed by atoms with E-state index in [9.17, 15) is 4.79 Å². The molecule has 108 valence electrons. The highest BCUT2D eigenvalue weighted by Crippen LogP contribution is 2.36. The lowest BCUT2D eigenvalue weighted by molar-refractivity contribution is -0.125. The zero-order chi connectivity index (χ0) is 15.0. The average Bonchev–Trinajstić information content (AvgIpc) is 2.45. The van der Waals surface area contributed by atoms with Crippen LogP contribution in [0.4, 0.5) is 11.4 Å². The molecule has 1 aliphatic rings. The normalized spacial score (nSPS) is 17.3. The number of ether oxygens (including phenoxy) is 1. The van der Waals surface area contributed by atoms with Crippen molar-refractivity contribution in [3.8, 4) is 5.75 Å². The summed E-state index contributed by atoms with van der Waals surface area (Å²) in [6, 6.07) is 7.04. The Morgan fingerprint density at radius 2 is 2.24 bits per heavy atom. The number of fused-ring (bicyclic) bond motifs is 1. The van der Waals surface area contributed by atoms with Crippen molar-refractivity contribution in [3.05, 3.63) is 47.2 Å². The van der Waals surface area contributed by atoms with E-state index >= 15 is 0 Å². The summed E-state index contributed by atoms with van der Waals surface area (Å²) in [7, 11) is 0. The highest BCUT2D eigenvalue weighted by molar-refractivity contribution is 6.31. The largest absolute Gasteiger partial charge is 0.479 e. The summed E-state index contributed by atoms with van der Waals surface area (Å²) in [6.45, 7) is 2.08. The molecule has 3 rings (SSSR count). The molecule has 0 radical (unpaired) electrons. The van der Waals surface area contributed by atoms with E-state index < -0.39 is 6.10 Å². The fourth-order valence-corrected chi connectivity index (χ4v) is 2.47. The van der Waals surface area contributed by atoms with Crippen LogP contribution in [0.2, 0.25) is 5.02 Å². The number of carbonyl (C=O) groups is 1. The van der Waals surface area contributed by atoms with Crippen molar-refractivity contribution in [2.24, 2.45) is 0 Å². The van der Waals surface area contributed by atoms with Crippen molar-refractivity contribution >= 4 is 28.9 Å². The quantitative estimate of drug-likeness (QED) is 0.866. The number of aromatic nitrogens is 1. The van der Waals surface area contributed by atoms with Gasteiger partial charge < -0.3 is 15.4 Å². The lowest BCUT2D eigenvalue weighted by atomic mass is 10.1. The summed E-state index contributed by atoms with van der Waals surface area (Å²) < 4.78 is 5.61. The van der Waals surface area contributed by atoms with Gasteiger partial charge in [-0.05, 0) is 30.7 Å². The third kappa shape index (κ3) is 2.52. The summed E-state index contributed by atoms with van der Waals surface area (Å²) in [6.07, 6.45) is 2.66. The molecule has 21 heavy (non-hydrogen) atoms. The zero-order valence-electron chi connectivity index (χ0n) is 11.4. The monoisotopic (exact) mass is 303 g/mol. The molecular weight excluding hydrogens is 290 g/mol. The van der Waals surface area contributed by atoms with E-state index in [1.807, 2.05) is 0 Å². The van der Waals surface area contributed by atoms with Crippen molar-refractivity contribution in [1.29, 1.82) is 0 Å². The second-order valence-corrected chi connectivity index (χ2v) is 5.29. The number of nitrogen functional groups attached to an aromatic ring is 1. The molecule has 1 amide bonds. The van der Waals surface area contributed by atoms with Gasteiger partial charge in [0.2, 0.25) is 0 Å². The molecule has 1 unspecified atom stereocenters. The number of amides is 1. The Kier molecular flexibility index (Phi) is 3.43. The highest BCUT2D eigenvalue weighted by Gasteiger charge is 2.31. The molecule has 1 atom stereocenters. The maximum Gasteiger partial charge on any atom is 0.268 e. The van der Waals surface area contributed by atoms with Gasteiger partial charge in [-0.1, -0.05) is 11.6 Å². The maximum absolute atomic E-state index is 12.4. The number of carbonyl (C=O) groups excluding carboxylic acids is 1. The molecule has 6 heteroatoms. The van der Waals surface area contributed by atoms with Gasteiger partial charge in [-0.3, -0.25) is 9.78 Å². The van der Waals surface area contributed by atoms with Gasteiger partial charge in [0, 0.05) is 24.1 Å². The second-order valence-electron chi connectivity index (χ2n) is 4.88. The summed E-state index contributed by atoms with van der Waals surface area (Å²) in [5.41, 5.74) is 7.89. The Morgan fingerprint density at radius 1 is 1.43 bits per heavy atom. The van der Waals surface area contributed by atoms with Crippen LogP contribution in [0.1, 0.15) is 12.5 Å². The van der Waals surface area contributed by atoms with Crippen molar-refractivity contribution in [2.75, 3.05) is 10.6 Å². The number of pyridine rings is 1. The van der Waals surface area contributed by atoms with Crippen LogP contribution >= 0.6 is 11.6 Å². The minimum absolute atomic E-state index is 0.111. The van der Waals surface area contributed by atoms with Crippen molar-refractivity contribution in [2.45, 2.75) is 19.6 Å². The van der Waals surface area contributed by atoms with Crippen LogP contribution in [0, 0.1) is 0 Å². The number of rotatable bonds is 2. The fraction of sp³-hybridized carbons (Fsp3) is 0.200. The average molecular weight is 304 g/mol. The molecular formula is C15H14ClN3O2. The van der Waals surface area contributed by atoms with Gasteiger partial charge in [-0.2, -0.15) is 0 Å². The third-order valence-corrected chi connectivity index (χ3v) is 3.72. The molecule has 2 heterocycles. The van der Waals surface area contributed by atoms with Gasteiger partial charge >= 0.3 is 0 Å². The first-order valence-electron chi connectivity index (χ1n) is 6.52. The first-order chi connectivity index (χ1) is 10.1. The Morgan fingerprint density at radius 3 is 3.00 bits per heavy atom. The molecule has 2 aromatic rings. The highest BCUT2D eigenvalue weighted by atomic mass is 35.5. The number of benzene rings is 1. The Bertz CT molecular complexity index is 705. The molecule has 0 fully saturated rings. The lowest BCUT2D eigenvalue weighted by Crippen LogP contribution is -2.44. The van der Waals surface area contributed by atoms with Crippen LogP contribution in [0.25, 0.3) is 0 Å². The van der Waals surface area contributed by atoms with Crippen molar-refractivity contribution < 1.29 is 9.53 Å². The van der Waals surface area contributed by atoms with Crippen LogP contribution in [0.5, 0.6) is 5.75 Å². The Balaban J connectivity index is 2.01. The van der Waals surface area contributed by atoms with Gasteiger partial charge in [-0.15, -0.1) is 0 Å². The van der Waals surface area contributed by atoms with E-state index in [-0.39, 0.29) is 5.91 Å². The van der Waals surface area contributed by atoms with Crippen molar-refractivity contribution in [3.63, 3.8) is 0 Å². The standard InChI is InChI=1S/C15H14ClN3O2/c1-9-15(20)19(8-10-4-5-18-7-12(10)16)13-3-2-11(17)6-14(13)21-9/h2-7,9H,8,17H2,1H3. The zero-order valence-corrected chi connectivity index (χ0v) is 12.2. The Labute approximate surface area is 127 Å². The van der Waals surface area contributed by atoms with Crippen LogP contribution < -0.4 is 15.4 Å². The van der Waals surface area contributed by atoms with E-state index in [2.05, 4.69) is 4.98 Å². The van der Waals surface area contributed by atoms with Gasteiger partial charge in [0.15, 0.2) is 6.10 Å². The number of nitrogens with zero attached hydrogens (tertiary/aromatic N) is 2. The molecule has 2 N–H and O–H groups in total. The summed E-state index contributed by atoms with van der Waals surface area (Å²) >= 11 is 6.13. The topological polar surface area (TPSA) is 68.5 Å². The van der Waals surface area contributed by atoms with Crippen molar-refractivity contribution in [1.82, 2.24) is 4.98 Å². The minimum atomic E-state index is -0.556. The number of nitrogens with two attached hydrogens (primary N) is 1. The smallest absolute Gasteiger partial charge is 0.268 e. The maximum atomic E-state index is 12.4. The summed E-state index contributed by atoms with van der Waals surface area (Å²) in [5, 5.41) is 0.529. The molecule has 1 aromatic carbocycles. The Hall–Kier alpha value is -2.27. The number of halogens is 1. The van der Waals surface area contributed by atoms with Gasteiger partial charge in [0.05, 0.1) is 17.3 Å². The van der Waals surface area contributed by atoms with Crippen LogP contribution in [-0.2, 0) is 11.3 Å². The lowest BCUT2D eigenvalue weighted by Gasteiger charge is -2.33. The van der Waals surface area contributed by atoms with Gasteiger partial charge in [0.1, 0.15) is 5.75 Å². The summed E-state index contributed by atoms with van der Waals surface area (Å²) in [5.74, 6) is 0.493. The molecule has 0 bridgehead atoms. The molecule has 0 aliphatic carbocycles. The van der Waals surface area contributed by atoms with E-state index in [4.69, 9.17) is 22.1 Å². The SMILES string of the molecule is CC1Oc2cc(N)ccc2N(Cc2ccncc2Cl)C1=O. The first kappa shape index (κ1) is 13.7. The van der Waals surface area contributed by atoms with E-state index in [0.717, 1.165) is 5.56 Å². The van der Waals surface area contributed by atoms with E-state index in [1.165, 1.54) is 0 Å². The van der Waals surface area contributed by atoms with E-state index in [0.29, 0.717) is 28.7 Å². The predicted molar refractivity (Wildman–Crippen MR) is 81.4 cm³/mol. The molecule has 1 aromatic heterocycles. The minimum Gasteiger partial charge on any atom is -0.479 e. The van der Waals surface area contributed by atoms with E-state index in [1.54, 1.807) is 48.5 Å². The molecule has 0 spiro atoms. The first-order valence-corrected chi connectivity index (χ1v) is 6.90. The number of anilines is 2. The third-order valence-electron chi connectivity index (χ3n) is 3.38. The number of hydrogen-bond acceptors (Lipinski definition) is 4. The molecule has 1 aliphatic heterocycles. The number of hydrogen-bond donors (Lipinski definition) is 1. The summed E-state index contributed by atoms with van der Waals surface area (Å²) in [4.78, 5) is 18.0. The van der Waals surface area contributed by atoms with Gasteiger partial charge in [-0.25, -0.2) is 0 Å². The molecule has 0 saturated heterocycles. The molecule has 5 nitrogen and oxygen atoms in total.